The first kappa shape index (κ1) is 18.9. The van der Waals surface area contributed by atoms with Crippen LogP contribution in [0.25, 0.3) is 0 Å². The van der Waals surface area contributed by atoms with Gasteiger partial charge in [0.25, 0.3) is 0 Å². The molecule has 2 fully saturated rings. The lowest BCUT2D eigenvalue weighted by Crippen LogP contribution is -2.81. The van der Waals surface area contributed by atoms with Crippen molar-refractivity contribution >= 4 is 30.5 Å². The van der Waals surface area contributed by atoms with Crippen molar-refractivity contribution in [1.29, 1.82) is 0 Å². The summed E-state index contributed by atoms with van der Waals surface area (Å²) in [6.45, 7) is 7.04. The Bertz CT molecular complexity index is 550. The quantitative estimate of drug-likeness (QED) is 0.525. The highest BCUT2D eigenvalue weighted by Gasteiger charge is 2.60. The van der Waals surface area contributed by atoms with Gasteiger partial charge < -0.3 is 20.3 Å². The zero-order valence-electron chi connectivity index (χ0n) is 14.6. The molecule has 9 heteroatoms. The van der Waals surface area contributed by atoms with E-state index in [9.17, 15) is 14.4 Å². The minimum atomic E-state index is -0.814. The lowest BCUT2D eigenvalue weighted by molar-refractivity contribution is -0.174. The summed E-state index contributed by atoms with van der Waals surface area (Å²) in [6, 6.07) is -0.725. The van der Waals surface area contributed by atoms with Gasteiger partial charge in [0, 0.05) is 18.8 Å². The summed E-state index contributed by atoms with van der Waals surface area (Å²) < 4.78 is 5.40. The van der Waals surface area contributed by atoms with Crippen molar-refractivity contribution in [2.24, 2.45) is 5.73 Å². The molecule has 8 nitrogen and oxygen atoms in total. The topological polar surface area (TPSA) is 96.2 Å². The van der Waals surface area contributed by atoms with E-state index in [0.717, 1.165) is 0 Å². The lowest BCUT2D eigenvalue weighted by Gasteiger charge is -2.58. The first-order chi connectivity index (χ1) is 11.0. The van der Waals surface area contributed by atoms with Crippen molar-refractivity contribution in [3.8, 4) is 0 Å². The van der Waals surface area contributed by atoms with E-state index >= 15 is 0 Å². The fourth-order valence-corrected chi connectivity index (χ4v) is 3.45. The number of likely N-dealkylation sites (tertiary alicyclic amines) is 1. The van der Waals surface area contributed by atoms with Crippen LogP contribution in [-0.2, 0) is 14.3 Å². The predicted molar refractivity (Wildman–Crippen MR) is 91.7 cm³/mol. The van der Waals surface area contributed by atoms with Gasteiger partial charge in [-0.2, -0.15) is 12.6 Å². The summed E-state index contributed by atoms with van der Waals surface area (Å²) in [5, 5.41) is 0. The minimum Gasteiger partial charge on any atom is -0.444 e. The molecule has 0 aromatic rings. The van der Waals surface area contributed by atoms with Gasteiger partial charge in [-0.05, 0) is 27.8 Å². The Hall–Kier alpha value is -1.48. The normalized spacial score (nSPS) is 26.3. The van der Waals surface area contributed by atoms with Crippen molar-refractivity contribution in [3.05, 3.63) is 0 Å². The van der Waals surface area contributed by atoms with Crippen LogP contribution in [0.2, 0.25) is 0 Å². The Kier molecular flexibility index (Phi) is 5.06. The maximum atomic E-state index is 12.8. The zero-order valence-corrected chi connectivity index (χ0v) is 15.5. The second kappa shape index (κ2) is 6.44. The van der Waals surface area contributed by atoms with E-state index in [4.69, 9.17) is 10.5 Å². The van der Waals surface area contributed by atoms with Gasteiger partial charge in [0.05, 0.1) is 13.1 Å². The Morgan fingerprint density at radius 2 is 1.96 bits per heavy atom. The molecule has 2 N–H and O–H groups in total. The van der Waals surface area contributed by atoms with Crippen molar-refractivity contribution in [3.63, 3.8) is 0 Å². The molecule has 2 rings (SSSR count). The molecule has 2 aliphatic rings. The molecular formula is C15H26N4O4S. The molecule has 3 amide bonds. The summed E-state index contributed by atoms with van der Waals surface area (Å²) in [6.07, 6.45) is -0.429. The van der Waals surface area contributed by atoms with Crippen molar-refractivity contribution in [2.75, 3.05) is 39.0 Å². The van der Waals surface area contributed by atoms with Crippen LogP contribution in [0.3, 0.4) is 0 Å². The van der Waals surface area contributed by atoms with E-state index in [1.807, 2.05) is 11.9 Å². The number of β-lactam (4-membered cyclic amide) rings is 1. The van der Waals surface area contributed by atoms with E-state index in [1.165, 1.54) is 4.90 Å². The molecular weight excluding hydrogens is 332 g/mol. The largest absolute Gasteiger partial charge is 0.444 e. The number of carbonyl (C=O) groups excluding carboxylic acids is 3. The molecule has 0 radical (unpaired) electrons. The number of likely N-dealkylation sites (N-methyl/N-ethyl adjacent to an activating group) is 1. The van der Waals surface area contributed by atoms with Crippen LogP contribution >= 0.6 is 12.6 Å². The van der Waals surface area contributed by atoms with Crippen LogP contribution in [0.4, 0.5) is 4.79 Å². The number of rotatable bonds is 3. The third kappa shape index (κ3) is 3.32. The van der Waals surface area contributed by atoms with Gasteiger partial charge >= 0.3 is 6.09 Å². The van der Waals surface area contributed by atoms with Crippen LogP contribution in [-0.4, -0.2) is 88.8 Å². The molecule has 0 aromatic carbocycles. The van der Waals surface area contributed by atoms with Gasteiger partial charge in [-0.1, -0.05) is 0 Å². The average Bonchev–Trinajstić information content (AvgIpc) is 2.46. The molecule has 2 atom stereocenters. The molecule has 24 heavy (non-hydrogen) atoms. The van der Waals surface area contributed by atoms with Crippen molar-refractivity contribution in [2.45, 2.75) is 38.0 Å². The maximum absolute atomic E-state index is 12.8. The standard InChI is InChI=1S/C15H26N4O4S/c1-14(2,3)23-13(22)18-6-5-17(4)15(8-18)9-19(12(15)21)10(7-24)11(16)20/h10,24H,5-9H2,1-4H3,(H2,16,20)/t10-,15?/m0/s1. The first-order valence-corrected chi connectivity index (χ1v) is 8.55. The Labute approximate surface area is 147 Å². The second-order valence-corrected chi connectivity index (χ2v) is 7.75. The number of carbonyl (C=O) groups is 3. The number of nitrogens with two attached hydrogens (primary N) is 1. The third-order valence-electron chi connectivity index (χ3n) is 4.51. The van der Waals surface area contributed by atoms with Gasteiger partial charge in [0.1, 0.15) is 17.2 Å². The van der Waals surface area contributed by atoms with Gasteiger partial charge in [-0.15, -0.1) is 0 Å². The van der Waals surface area contributed by atoms with E-state index in [2.05, 4.69) is 12.6 Å². The number of thiol groups is 1. The highest BCUT2D eigenvalue weighted by atomic mass is 32.1. The summed E-state index contributed by atoms with van der Waals surface area (Å²) in [5.74, 6) is -0.594. The molecule has 0 aromatic heterocycles. The number of primary amides is 1. The number of nitrogens with zero attached hydrogens (tertiary/aromatic N) is 3. The fraction of sp³-hybridized carbons (Fsp3) is 0.800. The van der Waals surface area contributed by atoms with E-state index < -0.39 is 29.2 Å². The smallest absolute Gasteiger partial charge is 0.410 e. The average molecular weight is 358 g/mol. The maximum Gasteiger partial charge on any atom is 0.410 e. The van der Waals surface area contributed by atoms with Crippen LogP contribution in [0.5, 0.6) is 0 Å². The van der Waals surface area contributed by atoms with Gasteiger partial charge in [0.2, 0.25) is 11.8 Å². The number of amides is 3. The van der Waals surface area contributed by atoms with Gasteiger partial charge in [-0.3, -0.25) is 14.5 Å². The zero-order chi connectivity index (χ0) is 18.3. The molecule has 2 saturated heterocycles. The van der Waals surface area contributed by atoms with Crippen molar-refractivity contribution < 1.29 is 19.1 Å². The van der Waals surface area contributed by atoms with Crippen LogP contribution in [0.15, 0.2) is 0 Å². The van der Waals surface area contributed by atoms with Crippen LogP contribution < -0.4 is 5.73 Å². The molecule has 2 heterocycles. The predicted octanol–water partition coefficient (Wildman–Crippen LogP) is -0.466. The molecule has 1 unspecified atom stereocenters. The van der Waals surface area contributed by atoms with Crippen LogP contribution in [0.1, 0.15) is 20.8 Å². The fourth-order valence-electron chi connectivity index (χ4n) is 3.08. The second-order valence-electron chi connectivity index (χ2n) is 7.39. The number of hydrogen-bond acceptors (Lipinski definition) is 6. The van der Waals surface area contributed by atoms with E-state index in [1.54, 1.807) is 25.7 Å². The monoisotopic (exact) mass is 358 g/mol. The summed E-state index contributed by atoms with van der Waals surface area (Å²) in [4.78, 5) is 41.5. The van der Waals surface area contributed by atoms with Gasteiger partial charge in [0.15, 0.2) is 0 Å². The Morgan fingerprint density at radius 3 is 2.42 bits per heavy atom. The first-order valence-electron chi connectivity index (χ1n) is 7.92. The summed E-state index contributed by atoms with van der Waals surface area (Å²) in [5.41, 5.74) is 3.93. The molecule has 2 aliphatic heterocycles. The third-order valence-corrected chi connectivity index (χ3v) is 4.85. The molecule has 0 saturated carbocycles. The van der Waals surface area contributed by atoms with Crippen molar-refractivity contribution in [1.82, 2.24) is 14.7 Å². The highest BCUT2D eigenvalue weighted by molar-refractivity contribution is 7.80. The number of piperazine rings is 1. The number of hydrogen-bond donors (Lipinski definition) is 2. The van der Waals surface area contributed by atoms with E-state index in [0.29, 0.717) is 19.6 Å². The molecule has 0 aliphatic carbocycles. The van der Waals surface area contributed by atoms with Gasteiger partial charge in [-0.25, -0.2) is 4.79 Å². The number of ether oxygens (including phenoxy) is 1. The molecule has 0 bridgehead atoms. The van der Waals surface area contributed by atoms with E-state index in [-0.39, 0.29) is 18.2 Å². The Morgan fingerprint density at radius 1 is 1.33 bits per heavy atom. The van der Waals surface area contributed by atoms with Crippen LogP contribution in [0, 0.1) is 0 Å². The molecule has 136 valence electrons. The minimum absolute atomic E-state index is 0.177. The SMILES string of the molecule is CN1CCN(C(=O)OC(C)(C)C)CC12CN([C@@H](CS)C(N)=O)C2=O. The molecule has 1 spiro atoms. The summed E-state index contributed by atoms with van der Waals surface area (Å²) >= 11 is 4.10. The highest BCUT2D eigenvalue weighted by Crippen LogP contribution is 2.34. The summed E-state index contributed by atoms with van der Waals surface area (Å²) in [7, 11) is 1.85. The Balaban J connectivity index is 2.11. The lowest BCUT2D eigenvalue weighted by atomic mass is 9.83.